The number of nitrogens with one attached hydrogen (secondary N) is 4. The van der Waals surface area contributed by atoms with Crippen LogP contribution in [0, 0.1) is 0 Å². The number of rotatable bonds is 1. The molecule has 4 rings (SSSR count). The summed E-state index contributed by atoms with van der Waals surface area (Å²) >= 11 is 0. The van der Waals surface area contributed by atoms with Crippen LogP contribution in [0.3, 0.4) is 0 Å². The van der Waals surface area contributed by atoms with Crippen LogP contribution >= 0.6 is 7.75 Å². The third-order valence-corrected chi connectivity index (χ3v) is 6.17. The fourth-order valence-corrected chi connectivity index (χ4v) is 4.24. The zero-order valence-electron chi connectivity index (χ0n) is 17.4. The molecule has 17 nitrogen and oxygen atoms in total. The average Bonchev–Trinajstić information content (AvgIpc) is 3.35. The van der Waals surface area contributed by atoms with E-state index >= 15 is 0 Å². The first-order chi connectivity index (χ1) is 16.1. The van der Waals surface area contributed by atoms with Gasteiger partial charge in [-0.3, -0.25) is 23.5 Å². The van der Waals surface area contributed by atoms with Crippen molar-refractivity contribution in [2.75, 3.05) is 32.0 Å². The van der Waals surface area contributed by atoms with Gasteiger partial charge in [-0.2, -0.15) is 0 Å². The number of amides is 3. The predicted octanol–water partition coefficient (Wildman–Crippen LogP) is -3.90. The lowest BCUT2D eigenvalue weighted by Gasteiger charge is -2.22. The Bertz CT molecular complexity index is 1160. The molecular weight excluding hydrogens is 477 g/mol. The fourth-order valence-electron chi connectivity index (χ4n) is 3.46. The number of aromatic nitrogens is 4. The summed E-state index contributed by atoms with van der Waals surface area (Å²) < 4.78 is 24.5. The lowest BCUT2D eigenvalue weighted by Crippen LogP contribution is -2.51. The molecule has 2 aromatic heterocycles. The first-order valence-electron chi connectivity index (χ1n) is 9.96. The van der Waals surface area contributed by atoms with Crippen LogP contribution in [0.15, 0.2) is 12.7 Å². The standard InChI is InChI=1S/C16H22N9O8P/c17-14-12-15(21-5-20-14)25(6-22-12)16-13(29)11-7(33-16)4-32-34(30,31)23-3-9(27)18-1-8(26)19-2-10(28)24-11/h5-7,11,13,16,29H,1-4H2,(H,18,27)(H,19,26)(H,24,28)(H2,17,20,21)(H2,23,30,31)/t7-,11-,13-,16-/m1/s1. The zero-order valence-corrected chi connectivity index (χ0v) is 18.3. The highest BCUT2D eigenvalue weighted by Crippen LogP contribution is 2.39. The fraction of sp³-hybridized carbons (Fsp3) is 0.500. The summed E-state index contributed by atoms with van der Waals surface area (Å²) in [4.78, 5) is 58.0. The van der Waals surface area contributed by atoms with Crippen LogP contribution in [0.2, 0.25) is 0 Å². The van der Waals surface area contributed by atoms with Crippen LogP contribution < -0.4 is 26.8 Å². The van der Waals surface area contributed by atoms with Gasteiger partial charge in [0.2, 0.25) is 17.7 Å². The number of imidazole rings is 1. The SMILES string of the molecule is Nc1ncnc2c1ncn2[C@@H]1O[C@@H]2COP(=O)(O)NCC(=O)NCC(=O)NCC(=O)N[C@H]2[C@H]1O. The molecule has 0 spiro atoms. The Morgan fingerprint density at radius 2 is 1.79 bits per heavy atom. The van der Waals surface area contributed by atoms with Crippen molar-refractivity contribution in [1.29, 1.82) is 0 Å². The number of hydrogen-bond donors (Lipinski definition) is 7. The number of carbonyl (C=O) groups is 3. The first-order valence-corrected chi connectivity index (χ1v) is 11.5. The van der Waals surface area contributed by atoms with Crippen LogP contribution in [0.5, 0.6) is 0 Å². The molecule has 0 saturated carbocycles. The Morgan fingerprint density at radius 1 is 1.09 bits per heavy atom. The number of nitrogens with two attached hydrogens (primary N) is 1. The van der Waals surface area contributed by atoms with Crippen molar-refractivity contribution in [3.05, 3.63) is 12.7 Å². The maximum Gasteiger partial charge on any atom is 0.403 e. The topological polar surface area (TPSA) is 245 Å². The summed E-state index contributed by atoms with van der Waals surface area (Å²) in [6.07, 6.45) is -1.12. The molecule has 3 amide bonds. The molecule has 184 valence electrons. The van der Waals surface area contributed by atoms with Crippen molar-refractivity contribution >= 4 is 42.4 Å². The molecule has 0 radical (unpaired) electrons. The zero-order chi connectivity index (χ0) is 24.5. The molecule has 2 fully saturated rings. The molecule has 1 unspecified atom stereocenters. The minimum atomic E-state index is -4.48. The van der Waals surface area contributed by atoms with Crippen molar-refractivity contribution < 1.29 is 38.2 Å². The van der Waals surface area contributed by atoms with E-state index in [0.29, 0.717) is 0 Å². The molecule has 0 aromatic carbocycles. The van der Waals surface area contributed by atoms with Gasteiger partial charge in [-0.15, -0.1) is 0 Å². The second kappa shape index (κ2) is 9.57. The van der Waals surface area contributed by atoms with Crippen molar-refractivity contribution in [2.45, 2.75) is 24.5 Å². The highest BCUT2D eigenvalue weighted by atomic mass is 31.2. The van der Waals surface area contributed by atoms with Gasteiger partial charge in [-0.25, -0.2) is 24.6 Å². The van der Waals surface area contributed by atoms with Gasteiger partial charge >= 0.3 is 7.75 Å². The van der Waals surface area contributed by atoms with E-state index in [2.05, 4.69) is 36.0 Å². The average molecular weight is 499 g/mol. The van der Waals surface area contributed by atoms with Gasteiger partial charge in [0.25, 0.3) is 0 Å². The normalized spacial score (nSPS) is 31.6. The number of hydrogen-bond acceptors (Lipinski definition) is 11. The van der Waals surface area contributed by atoms with E-state index in [0.717, 1.165) is 0 Å². The van der Waals surface area contributed by atoms with Crippen molar-refractivity contribution in [1.82, 2.24) is 40.6 Å². The number of nitrogen functional groups attached to an aromatic ring is 1. The van der Waals surface area contributed by atoms with E-state index in [1.807, 2.05) is 0 Å². The Hall–Kier alpha value is -3.21. The van der Waals surface area contributed by atoms with Crippen LogP contribution in [-0.4, -0.2) is 91.7 Å². The van der Waals surface area contributed by atoms with Crippen LogP contribution in [0.1, 0.15) is 6.23 Å². The van der Waals surface area contributed by atoms with Gasteiger partial charge in [-0.1, -0.05) is 0 Å². The van der Waals surface area contributed by atoms with E-state index in [1.165, 1.54) is 17.2 Å². The summed E-state index contributed by atoms with van der Waals surface area (Å²) in [6.45, 7) is -2.06. The molecule has 4 heterocycles. The van der Waals surface area contributed by atoms with E-state index in [1.54, 1.807) is 0 Å². The molecule has 18 heteroatoms. The molecule has 2 aromatic rings. The van der Waals surface area contributed by atoms with E-state index in [-0.39, 0.29) is 17.0 Å². The third-order valence-electron chi connectivity index (χ3n) is 5.11. The molecule has 2 saturated heterocycles. The summed E-state index contributed by atoms with van der Waals surface area (Å²) in [7, 11) is -4.48. The number of nitrogens with zero attached hydrogens (tertiary/aromatic N) is 4. The summed E-state index contributed by atoms with van der Waals surface area (Å²) in [5.41, 5.74) is 6.31. The Labute approximate surface area is 191 Å². The smallest absolute Gasteiger partial charge is 0.386 e. The van der Waals surface area contributed by atoms with Crippen molar-refractivity contribution in [2.24, 2.45) is 0 Å². The molecule has 2 aliphatic rings. The Balaban J connectivity index is 1.60. The van der Waals surface area contributed by atoms with E-state index in [4.69, 9.17) is 15.0 Å². The molecule has 5 atom stereocenters. The third kappa shape index (κ3) is 5.14. The van der Waals surface area contributed by atoms with Gasteiger partial charge in [-0.05, 0) is 0 Å². The quantitative estimate of drug-likeness (QED) is 0.186. The maximum atomic E-state index is 12.4. The van der Waals surface area contributed by atoms with Gasteiger partial charge in [0, 0.05) is 0 Å². The summed E-state index contributed by atoms with van der Waals surface area (Å²) in [5.74, 6) is -1.98. The number of anilines is 1. The van der Waals surface area contributed by atoms with Gasteiger partial charge < -0.3 is 36.4 Å². The van der Waals surface area contributed by atoms with Gasteiger partial charge in [0.05, 0.1) is 38.6 Å². The molecule has 0 bridgehead atoms. The lowest BCUT2D eigenvalue weighted by molar-refractivity contribution is -0.127. The van der Waals surface area contributed by atoms with Crippen LogP contribution in [0.4, 0.5) is 5.82 Å². The van der Waals surface area contributed by atoms with Crippen molar-refractivity contribution in [3.63, 3.8) is 0 Å². The number of fused-ring (bicyclic) bond motifs is 2. The Kier molecular flexibility index (Phi) is 6.74. The van der Waals surface area contributed by atoms with Gasteiger partial charge in [0.1, 0.15) is 24.1 Å². The highest BCUT2D eigenvalue weighted by molar-refractivity contribution is 7.50. The monoisotopic (exact) mass is 499 g/mol. The maximum absolute atomic E-state index is 12.4. The molecular formula is C16H22N9O8P. The Morgan fingerprint density at radius 3 is 2.56 bits per heavy atom. The van der Waals surface area contributed by atoms with Gasteiger partial charge in [0.15, 0.2) is 17.7 Å². The number of aliphatic hydroxyl groups is 1. The molecule has 2 aliphatic heterocycles. The number of carbonyl (C=O) groups excluding carboxylic acids is 3. The van der Waals surface area contributed by atoms with Crippen LogP contribution in [-0.2, 0) is 28.2 Å². The highest BCUT2D eigenvalue weighted by Gasteiger charge is 2.47. The van der Waals surface area contributed by atoms with Crippen LogP contribution in [0.25, 0.3) is 11.2 Å². The minimum Gasteiger partial charge on any atom is -0.386 e. The van der Waals surface area contributed by atoms with E-state index < -0.39 is 76.2 Å². The lowest BCUT2D eigenvalue weighted by atomic mass is 10.1. The molecule has 8 N–H and O–H groups in total. The number of aliphatic hydroxyl groups excluding tert-OH is 1. The molecule has 34 heavy (non-hydrogen) atoms. The summed E-state index contributed by atoms with van der Waals surface area (Å²) in [5, 5.41) is 20.1. The largest absolute Gasteiger partial charge is 0.403 e. The second-order valence-electron chi connectivity index (χ2n) is 7.44. The minimum absolute atomic E-state index is 0.106. The van der Waals surface area contributed by atoms with Crippen molar-refractivity contribution in [3.8, 4) is 0 Å². The number of ether oxygens (including phenoxy) is 1. The second-order valence-corrected chi connectivity index (χ2v) is 9.05. The first kappa shape index (κ1) is 23.9. The summed E-state index contributed by atoms with van der Waals surface area (Å²) in [6, 6.07) is -1.11. The van der Waals surface area contributed by atoms with E-state index in [9.17, 15) is 28.9 Å². The molecule has 0 aliphatic carbocycles. The predicted molar refractivity (Wildman–Crippen MR) is 111 cm³/mol.